The summed E-state index contributed by atoms with van der Waals surface area (Å²) in [5.74, 6) is -0.478. The normalized spacial score (nSPS) is 12.9. The van der Waals surface area contributed by atoms with Crippen LogP contribution in [0.25, 0.3) is 10.2 Å². The van der Waals surface area contributed by atoms with Crippen LogP contribution in [-0.2, 0) is 10.1 Å². The standard InChI is InChI=1S/C8H3BrF3NO3S2/c9-5-3-17-6-1-4(2-13-7(5)6)16-18(14,15)8(10,11)12/h1-3H. The monoisotopic (exact) mass is 361 g/mol. The molecular weight excluding hydrogens is 359 g/mol. The second-order valence-electron chi connectivity index (χ2n) is 3.08. The van der Waals surface area contributed by atoms with Crippen molar-refractivity contribution in [1.29, 1.82) is 0 Å². The molecule has 0 aliphatic carbocycles. The molecule has 0 unspecified atom stereocenters. The number of hydrogen-bond acceptors (Lipinski definition) is 5. The van der Waals surface area contributed by atoms with Crippen LogP contribution in [0.4, 0.5) is 13.2 Å². The molecule has 2 heterocycles. The van der Waals surface area contributed by atoms with Gasteiger partial charge in [0.05, 0.1) is 20.9 Å². The number of pyridine rings is 1. The van der Waals surface area contributed by atoms with E-state index < -0.39 is 21.4 Å². The molecule has 0 saturated carbocycles. The summed E-state index contributed by atoms with van der Waals surface area (Å²) in [5.41, 5.74) is -4.94. The number of hydrogen-bond donors (Lipinski definition) is 0. The first-order valence-corrected chi connectivity index (χ1v) is 7.32. The molecular formula is C8H3BrF3NO3S2. The number of thiophene rings is 1. The van der Waals surface area contributed by atoms with Crippen molar-refractivity contribution < 1.29 is 25.8 Å². The van der Waals surface area contributed by atoms with Gasteiger partial charge in [0.25, 0.3) is 0 Å². The molecule has 0 N–H and O–H groups in total. The van der Waals surface area contributed by atoms with Gasteiger partial charge < -0.3 is 4.18 Å². The van der Waals surface area contributed by atoms with Crippen LogP contribution < -0.4 is 4.18 Å². The van der Waals surface area contributed by atoms with E-state index in [1.807, 2.05) is 0 Å². The van der Waals surface area contributed by atoms with Crippen molar-refractivity contribution in [2.75, 3.05) is 0 Å². The van der Waals surface area contributed by atoms with Gasteiger partial charge in [0.2, 0.25) is 0 Å². The van der Waals surface area contributed by atoms with E-state index in [4.69, 9.17) is 0 Å². The lowest BCUT2D eigenvalue weighted by Crippen LogP contribution is -2.28. The first-order chi connectivity index (χ1) is 8.21. The van der Waals surface area contributed by atoms with Crippen molar-refractivity contribution in [3.05, 3.63) is 22.1 Å². The van der Waals surface area contributed by atoms with Gasteiger partial charge in [-0.15, -0.1) is 11.3 Å². The predicted molar refractivity (Wildman–Crippen MR) is 62.9 cm³/mol. The molecule has 0 saturated heterocycles. The molecule has 0 radical (unpaired) electrons. The molecule has 98 valence electrons. The Morgan fingerprint density at radius 3 is 2.67 bits per heavy atom. The van der Waals surface area contributed by atoms with Gasteiger partial charge in [-0.05, 0) is 15.9 Å². The van der Waals surface area contributed by atoms with E-state index in [-0.39, 0.29) is 0 Å². The quantitative estimate of drug-likeness (QED) is 0.608. The summed E-state index contributed by atoms with van der Waals surface area (Å²) in [5, 5.41) is 1.68. The van der Waals surface area contributed by atoms with E-state index in [9.17, 15) is 21.6 Å². The molecule has 10 heteroatoms. The number of alkyl halides is 3. The van der Waals surface area contributed by atoms with Crippen molar-refractivity contribution in [3.63, 3.8) is 0 Å². The van der Waals surface area contributed by atoms with Gasteiger partial charge in [-0.1, -0.05) is 0 Å². The third kappa shape index (κ3) is 2.45. The zero-order chi connectivity index (χ0) is 13.6. The zero-order valence-electron chi connectivity index (χ0n) is 8.23. The van der Waals surface area contributed by atoms with Crippen molar-refractivity contribution in [1.82, 2.24) is 4.98 Å². The summed E-state index contributed by atoms with van der Waals surface area (Å²) in [6.07, 6.45) is 0.920. The van der Waals surface area contributed by atoms with Crippen LogP contribution in [0, 0.1) is 0 Å². The molecule has 2 aromatic rings. The number of fused-ring (bicyclic) bond motifs is 1. The fraction of sp³-hybridized carbons (Fsp3) is 0.125. The Hall–Kier alpha value is -0.870. The van der Waals surface area contributed by atoms with Crippen LogP contribution >= 0.6 is 27.3 Å². The van der Waals surface area contributed by atoms with Crippen LogP contribution in [0.15, 0.2) is 22.1 Å². The molecule has 0 aliphatic heterocycles. The Morgan fingerprint density at radius 2 is 2.06 bits per heavy atom. The molecule has 0 atom stereocenters. The summed E-state index contributed by atoms with van der Waals surface area (Å²) in [4.78, 5) is 3.81. The van der Waals surface area contributed by atoms with E-state index in [0.717, 1.165) is 6.20 Å². The Labute approximate surface area is 112 Å². The van der Waals surface area contributed by atoms with E-state index in [0.29, 0.717) is 14.7 Å². The lowest BCUT2D eigenvalue weighted by atomic mass is 10.4. The lowest BCUT2D eigenvalue weighted by Gasteiger charge is -2.08. The minimum Gasteiger partial charge on any atom is -0.374 e. The maximum Gasteiger partial charge on any atom is 0.534 e. The molecule has 18 heavy (non-hydrogen) atoms. The van der Waals surface area contributed by atoms with Crippen molar-refractivity contribution in [3.8, 4) is 5.75 Å². The average Bonchev–Trinajstić information content (AvgIpc) is 2.58. The summed E-state index contributed by atoms with van der Waals surface area (Å²) >= 11 is 4.39. The third-order valence-corrected chi connectivity index (χ3v) is 4.64. The lowest BCUT2D eigenvalue weighted by molar-refractivity contribution is -0.0500. The van der Waals surface area contributed by atoms with E-state index >= 15 is 0 Å². The summed E-state index contributed by atoms with van der Waals surface area (Å²) in [6.45, 7) is 0. The fourth-order valence-corrected chi connectivity index (χ4v) is 3.05. The highest BCUT2D eigenvalue weighted by atomic mass is 79.9. The molecule has 0 amide bonds. The topological polar surface area (TPSA) is 56.3 Å². The highest BCUT2D eigenvalue weighted by Crippen LogP contribution is 2.32. The van der Waals surface area contributed by atoms with E-state index in [2.05, 4.69) is 25.1 Å². The zero-order valence-corrected chi connectivity index (χ0v) is 11.5. The van der Waals surface area contributed by atoms with Gasteiger partial charge in [-0.25, -0.2) is 0 Å². The number of halogens is 4. The highest BCUT2D eigenvalue weighted by Gasteiger charge is 2.48. The average molecular weight is 362 g/mol. The third-order valence-electron chi connectivity index (χ3n) is 1.83. The summed E-state index contributed by atoms with van der Waals surface area (Å²) < 4.78 is 63.0. The molecule has 0 spiro atoms. The molecule has 0 bridgehead atoms. The molecule has 0 fully saturated rings. The van der Waals surface area contributed by atoms with Crippen LogP contribution in [0.5, 0.6) is 5.75 Å². The summed E-state index contributed by atoms with van der Waals surface area (Å²) in [6, 6.07) is 1.18. The van der Waals surface area contributed by atoms with Crippen LogP contribution in [-0.4, -0.2) is 18.9 Å². The molecule has 0 aliphatic rings. The van der Waals surface area contributed by atoms with Crippen LogP contribution in [0.3, 0.4) is 0 Å². The molecule has 2 rings (SSSR count). The van der Waals surface area contributed by atoms with Crippen molar-refractivity contribution in [2.24, 2.45) is 0 Å². The van der Waals surface area contributed by atoms with Crippen molar-refractivity contribution in [2.45, 2.75) is 5.51 Å². The minimum absolute atomic E-state index is 0.478. The van der Waals surface area contributed by atoms with Crippen LogP contribution in [0.1, 0.15) is 0 Å². The molecule has 0 aromatic carbocycles. The Kier molecular flexibility index (Phi) is 3.28. The maximum atomic E-state index is 12.1. The van der Waals surface area contributed by atoms with Gasteiger partial charge in [-0.2, -0.15) is 21.6 Å². The number of rotatable bonds is 2. The predicted octanol–water partition coefficient (Wildman–Crippen LogP) is 3.29. The second-order valence-corrected chi connectivity index (χ2v) is 6.39. The number of aromatic nitrogens is 1. The first kappa shape index (κ1) is 13.6. The summed E-state index contributed by atoms with van der Waals surface area (Å²) in [7, 11) is -5.66. The van der Waals surface area contributed by atoms with E-state index in [1.165, 1.54) is 17.4 Å². The largest absolute Gasteiger partial charge is 0.534 e. The smallest absolute Gasteiger partial charge is 0.374 e. The van der Waals surface area contributed by atoms with Gasteiger partial charge in [0.1, 0.15) is 0 Å². The van der Waals surface area contributed by atoms with Gasteiger partial charge >= 0.3 is 15.6 Å². The SMILES string of the molecule is O=S(=O)(Oc1cnc2c(Br)csc2c1)C(F)(F)F. The van der Waals surface area contributed by atoms with E-state index in [1.54, 1.807) is 5.38 Å². The minimum atomic E-state index is -5.66. The van der Waals surface area contributed by atoms with Gasteiger partial charge in [0, 0.05) is 11.4 Å². The Bertz CT molecular complexity index is 695. The van der Waals surface area contributed by atoms with Gasteiger partial charge in [0.15, 0.2) is 5.75 Å². The Balaban J connectivity index is 2.39. The van der Waals surface area contributed by atoms with Crippen LogP contribution in [0.2, 0.25) is 0 Å². The van der Waals surface area contributed by atoms with Gasteiger partial charge in [-0.3, -0.25) is 4.98 Å². The number of nitrogens with zero attached hydrogens (tertiary/aromatic N) is 1. The first-order valence-electron chi connectivity index (χ1n) is 4.24. The molecule has 2 aromatic heterocycles. The Morgan fingerprint density at radius 1 is 1.39 bits per heavy atom. The second kappa shape index (κ2) is 4.35. The highest BCUT2D eigenvalue weighted by molar-refractivity contribution is 9.10. The van der Waals surface area contributed by atoms with Crippen molar-refractivity contribution >= 4 is 47.6 Å². The fourth-order valence-electron chi connectivity index (χ4n) is 1.09. The molecule has 4 nitrogen and oxygen atoms in total. The maximum absolute atomic E-state index is 12.1.